The van der Waals surface area contributed by atoms with Gasteiger partial charge in [-0.2, -0.15) is 0 Å². The first-order chi connectivity index (χ1) is 10.8. The molecule has 0 aliphatic carbocycles. The number of likely N-dealkylation sites (tertiary alicyclic amines) is 1. The summed E-state index contributed by atoms with van der Waals surface area (Å²) in [5.74, 6) is 0. The normalized spacial score (nSPS) is 21.5. The molecule has 0 spiro atoms. The zero-order valence-corrected chi connectivity index (χ0v) is 16.1. The maximum Gasteiger partial charge on any atom is 0.0600 e. The number of nitrogens with zero attached hydrogens (tertiary/aromatic N) is 3. The lowest BCUT2D eigenvalue weighted by Gasteiger charge is -2.34. The zero-order valence-electron chi connectivity index (χ0n) is 16.1. The molecule has 2 saturated heterocycles. The van der Waals surface area contributed by atoms with E-state index < -0.39 is 0 Å². The zero-order chi connectivity index (χ0) is 16.8. The number of piperazine rings is 1. The van der Waals surface area contributed by atoms with Gasteiger partial charge in [0, 0.05) is 45.8 Å². The molecule has 0 saturated carbocycles. The van der Waals surface area contributed by atoms with E-state index in [2.05, 4.69) is 28.7 Å². The van der Waals surface area contributed by atoms with Crippen LogP contribution < -0.4 is 0 Å². The van der Waals surface area contributed by atoms with Crippen molar-refractivity contribution in [2.45, 2.75) is 53.6 Å². The summed E-state index contributed by atoms with van der Waals surface area (Å²) in [6, 6.07) is 0. The Morgan fingerprint density at radius 1 is 0.818 bits per heavy atom. The van der Waals surface area contributed by atoms with Crippen LogP contribution in [0, 0.1) is 0 Å². The summed E-state index contributed by atoms with van der Waals surface area (Å²) in [6.07, 6.45) is 2.93. The number of ether oxygens (including phenoxy) is 1. The predicted octanol–water partition coefficient (Wildman–Crippen LogP) is 2.79. The minimum Gasteiger partial charge on any atom is -0.377 e. The summed E-state index contributed by atoms with van der Waals surface area (Å²) in [5, 5.41) is 0. The highest BCUT2D eigenvalue weighted by Gasteiger charge is 2.18. The van der Waals surface area contributed by atoms with Gasteiger partial charge in [0.15, 0.2) is 0 Å². The Hall–Kier alpha value is -0.160. The molecule has 2 heterocycles. The van der Waals surface area contributed by atoms with Crippen LogP contribution in [0.5, 0.6) is 0 Å². The lowest BCUT2D eigenvalue weighted by molar-refractivity contribution is -0.00234. The molecule has 22 heavy (non-hydrogen) atoms. The van der Waals surface area contributed by atoms with Gasteiger partial charge in [-0.05, 0) is 26.4 Å². The lowest BCUT2D eigenvalue weighted by atomic mass is 10.1. The third-order valence-electron chi connectivity index (χ3n) is 4.34. The molecule has 0 aromatic rings. The molecule has 0 bridgehead atoms. The van der Waals surface area contributed by atoms with Crippen LogP contribution >= 0.6 is 0 Å². The molecule has 0 amide bonds. The van der Waals surface area contributed by atoms with Gasteiger partial charge in [-0.3, -0.25) is 4.90 Å². The summed E-state index contributed by atoms with van der Waals surface area (Å²) in [5.41, 5.74) is 0. The summed E-state index contributed by atoms with van der Waals surface area (Å²) in [4.78, 5) is 7.46. The van der Waals surface area contributed by atoms with Crippen LogP contribution in [0.2, 0.25) is 0 Å². The first-order valence-electron chi connectivity index (χ1n) is 9.53. The average Bonchev–Trinajstić information content (AvgIpc) is 2.61. The van der Waals surface area contributed by atoms with Crippen LogP contribution in [0.3, 0.4) is 0 Å². The van der Waals surface area contributed by atoms with E-state index in [1.165, 1.54) is 58.7 Å². The maximum absolute atomic E-state index is 6.01. The van der Waals surface area contributed by atoms with E-state index in [0.717, 1.165) is 13.2 Å². The molecule has 0 N–H and O–H groups in total. The molecule has 0 atom stereocenters. The predicted molar refractivity (Wildman–Crippen MR) is 97.7 cm³/mol. The first-order valence-corrected chi connectivity index (χ1v) is 9.53. The van der Waals surface area contributed by atoms with Gasteiger partial charge in [0.1, 0.15) is 0 Å². The van der Waals surface area contributed by atoms with E-state index in [-0.39, 0.29) is 0 Å². The summed E-state index contributed by atoms with van der Waals surface area (Å²) in [6.45, 7) is 20.7. The summed E-state index contributed by atoms with van der Waals surface area (Å²) >= 11 is 0. The molecule has 0 aromatic carbocycles. The van der Waals surface area contributed by atoms with Gasteiger partial charge < -0.3 is 14.5 Å². The smallest absolute Gasteiger partial charge is 0.0600 e. The van der Waals surface area contributed by atoms with Crippen LogP contribution in [0.25, 0.3) is 0 Å². The quantitative estimate of drug-likeness (QED) is 0.776. The van der Waals surface area contributed by atoms with Crippen molar-refractivity contribution in [2.24, 2.45) is 0 Å². The van der Waals surface area contributed by atoms with E-state index >= 15 is 0 Å². The van der Waals surface area contributed by atoms with Gasteiger partial charge in [0.2, 0.25) is 0 Å². The van der Waals surface area contributed by atoms with Gasteiger partial charge in [0.25, 0.3) is 0 Å². The van der Waals surface area contributed by atoms with Crippen LogP contribution in [0.15, 0.2) is 0 Å². The molecule has 0 unspecified atom stereocenters. The van der Waals surface area contributed by atoms with Gasteiger partial charge >= 0.3 is 0 Å². The van der Waals surface area contributed by atoms with Crippen LogP contribution in [-0.4, -0.2) is 86.8 Å². The van der Waals surface area contributed by atoms with Gasteiger partial charge in [0.05, 0.1) is 12.7 Å². The summed E-state index contributed by atoms with van der Waals surface area (Å²) in [7, 11) is 2.20. The molecule has 4 heteroatoms. The van der Waals surface area contributed by atoms with E-state index in [9.17, 15) is 0 Å². The Labute approximate surface area is 139 Å². The van der Waals surface area contributed by atoms with Crippen LogP contribution in [0.1, 0.15) is 47.5 Å². The SMILES string of the molecule is CC.CC.CCN1CCN(CCOC2CCN(C)CC2)CC1. The minimum atomic E-state index is 0.512. The molecule has 134 valence electrons. The summed E-state index contributed by atoms with van der Waals surface area (Å²) < 4.78 is 6.01. The van der Waals surface area contributed by atoms with E-state index in [4.69, 9.17) is 4.74 Å². The fourth-order valence-electron chi connectivity index (χ4n) is 2.83. The second kappa shape index (κ2) is 14.4. The number of rotatable bonds is 5. The molecule has 0 radical (unpaired) electrons. The van der Waals surface area contributed by atoms with Crippen molar-refractivity contribution in [1.82, 2.24) is 14.7 Å². The number of likely N-dealkylation sites (N-methyl/N-ethyl adjacent to an activating group) is 1. The third kappa shape index (κ3) is 9.09. The van der Waals surface area contributed by atoms with Crippen molar-refractivity contribution in [3.8, 4) is 0 Å². The van der Waals surface area contributed by atoms with Crippen molar-refractivity contribution in [2.75, 3.05) is 66.0 Å². The molecule has 2 fully saturated rings. The second-order valence-corrected chi connectivity index (χ2v) is 5.65. The van der Waals surface area contributed by atoms with Crippen molar-refractivity contribution in [3.05, 3.63) is 0 Å². The van der Waals surface area contributed by atoms with Crippen molar-refractivity contribution in [3.63, 3.8) is 0 Å². The van der Waals surface area contributed by atoms with Crippen molar-refractivity contribution in [1.29, 1.82) is 0 Å². The Bertz CT molecular complexity index is 222. The van der Waals surface area contributed by atoms with Crippen molar-refractivity contribution < 1.29 is 4.74 Å². The molecule has 2 rings (SSSR count). The maximum atomic E-state index is 6.01. The topological polar surface area (TPSA) is 19.0 Å². The standard InChI is InChI=1S/C14H29N3O.2C2H6/c1-3-16-8-10-17(11-9-16)12-13-18-14-4-6-15(2)7-5-14;2*1-2/h14H,3-13H2,1-2H3;2*1-2H3. The van der Waals surface area contributed by atoms with Gasteiger partial charge in [-0.25, -0.2) is 0 Å². The molecular formula is C18H41N3O. The fraction of sp³-hybridized carbons (Fsp3) is 1.00. The van der Waals surface area contributed by atoms with Gasteiger partial charge in [-0.15, -0.1) is 0 Å². The number of piperidine rings is 1. The number of hydrogen-bond donors (Lipinski definition) is 0. The van der Waals surface area contributed by atoms with E-state index in [1.807, 2.05) is 27.7 Å². The fourth-order valence-corrected chi connectivity index (χ4v) is 2.83. The largest absolute Gasteiger partial charge is 0.377 e. The van der Waals surface area contributed by atoms with Crippen molar-refractivity contribution >= 4 is 0 Å². The monoisotopic (exact) mass is 315 g/mol. The second-order valence-electron chi connectivity index (χ2n) is 5.65. The Kier molecular flexibility index (Phi) is 14.3. The highest BCUT2D eigenvalue weighted by atomic mass is 16.5. The van der Waals surface area contributed by atoms with E-state index in [1.54, 1.807) is 0 Å². The molecule has 0 aromatic heterocycles. The molecular weight excluding hydrogens is 274 g/mol. The van der Waals surface area contributed by atoms with Crippen LogP contribution in [0.4, 0.5) is 0 Å². The highest BCUT2D eigenvalue weighted by Crippen LogP contribution is 2.12. The molecule has 4 nitrogen and oxygen atoms in total. The van der Waals surface area contributed by atoms with E-state index in [0.29, 0.717) is 6.10 Å². The highest BCUT2D eigenvalue weighted by molar-refractivity contribution is 4.72. The lowest BCUT2D eigenvalue weighted by Crippen LogP contribution is -2.47. The Morgan fingerprint density at radius 3 is 1.82 bits per heavy atom. The minimum absolute atomic E-state index is 0.512. The Morgan fingerprint density at radius 2 is 1.32 bits per heavy atom. The molecule has 2 aliphatic rings. The van der Waals surface area contributed by atoms with Gasteiger partial charge in [-0.1, -0.05) is 34.6 Å². The first kappa shape index (κ1) is 21.8. The number of hydrogen-bond acceptors (Lipinski definition) is 4. The Balaban J connectivity index is 0.00000102. The average molecular weight is 316 g/mol. The molecule has 2 aliphatic heterocycles. The third-order valence-corrected chi connectivity index (χ3v) is 4.34. The van der Waals surface area contributed by atoms with Crippen LogP contribution in [-0.2, 0) is 4.74 Å².